The molecule has 4 aromatic heterocycles. The number of ether oxygens (including phenoxy) is 1. The van der Waals surface area contributed by atoms with Gasteiger partial charge in [-0.1, -0.05) is 78.9 Å². The van der Waals surface area contributed by atoms with Crippen LogP contribution in [0.25, 0.3) is 81.0 Å². The van der Waals surface area contributed by atoms with E-state index in [1.165, 1.54) is 86.3 Å². The molecule has 230 valence electrons. The highest BCUT2D eigenvalue weighted by Gasteiger charge is 2.66. The zero-order valence-corrected chi connectivity index (χ0v) is 27.4. The molecule has 0 bridgehead atoms. The molecular formula is C45H25N3OS+2. The Morgan fingerprint density at radius 3 is 1.94 bits per heavy atom. The van der Waals surface area contributed by atoms with Gasteiger partial charge in [0, 0.05) is 43.4 Å². The van der Waals surface area contributed by atoms with Gasteiger partial charge in [0.2, 0.25) is 5.52 Å². The first kappa shape index (κ1) is 25.7. The summed E-state index contributed by atoms with van der Waals surface area (Å²) in [6.45, 7) is 0. The normalized spacial score (nSPS) is 16.2. The topological polar surface area (TPSA) is 21.9 Å². The zero-order chi connectivity index (χ0) is 32.3. The lowest BCUT2D eigenvalue weighted by molar-refractivity contribution is -0.956. The van der Waals surface area contributed by atoms with E-state index in [1.54, 1.807) is 0 Å². The summed E-state index contributed by atoms with van der Waals surface area (Å²) in [4.78, 5) is 2.60. The van der Waals surface area contributed by atoms with Crippen LogP contribution in [0.2, 0.25) is 0 Å². The number of hydrogen-bond acceptors (Lipinski definition) is 2. The molecule has 3 aliphatic rings. The standard InChI is InChI=1S/C45H25N3OS/c1-3-12-26(13-4-1)43-36-30-21-23-33-39-38(30)41-31(37(36)44(50-43)27-14-5-2-6-15-27)17-11-25-47(41)45(39)40-34(49-33)22-20-29-28-16-7-8-18-32(28)48(42(29)40)35-19-9-10-24-46(35)45/h1-25H/q+2. The van der Waals surface area contributed by atoms with E-state index >= 15 is 0 Å². The van der Waals surface area contributed by atoms with Crippen LogP contribution < -0.4 is 13.9 Å². The third-order valence-corrected chi connectivity index (χ3v) is 12.7. The largest absolute Gasteiger partial charge is 0.456 e. The molecule has 0 saturated carbocycles. The van der Waals surface area contributed by atoms with Crippen molar-refractivity contribution >= 4 is 65.6 Å². The fourth-order valence-electron chi connectivity index (χ4n) is 9.67. The van der Waals surface area contributed by atoms with Crippen molar-refractivity contribution in [3.05, 3.63) is 163 Å². The van der Waals surface area contributed by atoms with Crippen molar-refractivity contribution in [1.29, 1.82) is 0 Å². The summed E-state index contributed by atoms with van der Waals surface area (Å²) in [6, 6.07) is 50.8. The zero-order valence-electron chi connectivity index (χ0n) is 26.6. The van der Waals surface area contributed by atoms with Crippen molar-refractivity contribution in [2.24, 2.45) is 0 Å². The van der Waals surface area contributed by atoms with E-state index in [1.807, 2.05) is 11.3 Å². The highest BCUT2D eigenvalue weighted by atomic mass is 32.1. The SMILES string of the molecule is c1ccc(-c2sc(-c3ccccc3)c3c4ccc[n+]5c4c4c6c(ccc4c23)Oc2ccc3c4ccccc4n4c3c2C65[n+]2ccccc2-4)cc1. The first-order chi connectivity index (χ1) is 24.8. The summed E-state index contributed by atoms with van der Waals surface area (Å²) in [5, 5.41) is 8.93. The lowest BCUT2D eigenvalue weighted by atomic mass is 9.83. The second kappa shape index (κ2) is 8.64. The van der Waals surface area contributed by atoms with Crippen LogP contribution in [-0.2, 0) is 5.66 Å². The summed E-state index contributed by atoms with van der Waals surface area (Å²) >= 11 is 1.91. The number of fused-ring (bicyclic) bond motifs is 8. The molecule has 0 saturated heterocycles. The number of hydrogen-bond donors (Lipinski definition) is 0. The van der Waals surface area contributed by atoms with Gasteiger partial charge in [0.25, 0.3) is 5.82 Å². The predicted octanol–water partition coefficient (Wildman–Crippen LogP) is 10.2. The third-order valence-electron chi connectivity index (χ3n) is 11.4. The van der Waals surface area contributed by atoms with Gasteiger partial charge < -0.3 is 4.74 Å². The number of nitrogens with zero attached hydrogens (tertiary/aromatic N) is 3. The highest BCUT2D eigenvalue weighted by molar-refractivity contribution is 7.21. The molecule has 1 atom stereocenters. The summed E-state index contributed by atoms with van der Waals surface area (Å²) in [6.07, 6.45) is 4.58. The number of pyridine rings is 2. The molecule has 0 N–H and O–H groups in total. The summed E-state index contributed by atoms with van der Waals surface area (Å²) in [7, 11) is 0. The Bertz CT molecular complexity index is 3180. The van der Waals surface area contributed by atoms with Gasteiger partial charge in [-0.3, -0.25) is 0 Å². The monoisotopic (exact) mass is 655 g/mol. The number of aromatic nitrogens is 3. The molecule has 0 radical (unpaired) electrons. The van der Waals surface area contributed by atoms with Crippen molar-refractivity contribution in [2.45, 2.75) is 5.66 Å². The van der Waals surface area contributed by atoms with Gasteiger partial charge in [-0.05, 0) is 65.0 Å². The molecule has 0 amide bonds. The minimum absolute atomic E-state index is 0.688. The fraction of sp³-hybridized carbons (Fsp3) is 0.0222. The fourth-order valence-corrected chi connectivity index (χ4v) is 11.0. The summed E-state index contributed by atoms with van der Waals surface area (Å²) in [5.41, 5.74) is 7.87. The van der Waals surface area contributed by atoms with E-state index < -0.39 is 5.66 Å². The van der Waals surface area contributed by atoms with E-state index in [2.05, 4.69) is 166 Å². The van der Waals surface area contributed by atoms with Gasteiger partial charge in [0.1, 0.15) is 22.6 Å². The number of benzene rings is 6. The van der Waals surface area contributed by atoms with E-state index in [0.717, 1.165) is 17.3 Å². The second-order valence-electron chi connectivity index (χ2n) is 13.6. The molecule has 7 heterocycles. The minimum Gasteiger partial charge on any atom is -0.456 e. The Labute approximate surface area is 289 Å². The van der Waals surface area contributed by atoms with E-state index in [4.69, 9.17) is 4.74 Å². The maximum Gasteiger partial charge on any atom is 0.374 e. The lowest BCUT2D eigenvalue weighted by Gasteiger charge is -2.34. The predicted molar refractivity (Wildman–Crippen MR) is 201 cm³/mol. The molecule has 0 fully saturated rings. The Morgan fingerprint density at radius 1 is 0.500 bits per heavy atom. The number of para-hydroxylation sites is 1. The van der Waals surface area contributed by atoms with Gasteiger partial charge in [-0.25, -0.2) is 0 Å². The lowest BCUT2D eigenvalue weighted by Crippen LogP contribution is -2.75. The molecule has 13 rings (SSSR count). The Kier molecular flexibility index (Phi) is 4.44. The molecule has 0 aliphatic carbocycles. The van der Waals surface area contributed by atoms with Crippen LogP contribution in [0.1, 0.15) is 11.1 Å². The Hall–Kier alpha value is -6.30. The molecule has 3 aliphatic heterocycles. The first-order valence-corrected chi connectivity index (χ1v) is 17.9. The van der Waals surface area contributed by atoms with Crippen molar-refractivity contribution in [3.63, 3.8) is 0 Å². The van der Waals surface area contributed by atoms with Crippen LogP contribution in [0.5, 0.6) is 11.5 Å². The van der Waals surface area contributed by atoms with Crippen molar-refractivity contribution in [3.8, 4) is 38.2 Å². The van der Waals surface area contributed by atoms with Crippen molar-refractivity contribution < 1.29 is 13.9 Å². The van der Waals surface area contributed by atoms with Crippen LogP contribution >= 0.6 is 11.3 Å². The molecule has 10 aromatic rings. The molecule has 4 nitrogen and oxygen atoms in total. The van der Waals surface area contributed by atoms with Gasteiger partial charge in [-0.2, -0.15) is 9.13 Å². The molecule has 5 heteroatoms. The average molecular weight is 656 g/mol. The van der Waals surface area contributed by atoms with E-state index in [0.29, 0.717) is 0 Å². The van der Waals surface area contributed by atoms with Crippen molar-refractivity contribution in [2.75, 3.05) is 0 Å². The van der Waals surface area contributed by atoms with Gasteiger partial charge in [0.15, 0.2) is 17.3 Å². The van der Waals surface area contributed by atoms with Gasteiger partial charge in [0.05, 0.1) is 17.0 Å². The number of rotatable bonds is 2. The summed E-state index contributed by atoms with van der Waals surface area (Å²) in [5.74, 6) is 2.96. The third kappa shape index (κ3) is 2.71. The molecular weight excluding hydrogens is 631 g/mol. The van der Waals surface area contributed by atoms with Gasteiger partial charge >= 0.3 is 5.66 Å². The van der Waals surface area contributed by atoms with E-state index in [9.17, 15) is 0 Å². The molecule has 6 aromatic carbocycles. The van der Waals surface area contributed by atoms with Crippen LogP contribution in [0.3, 0.4) is 0 Å². The van der Waals surface area contributed by atoms with Crippen LogP contribution in [0.4, 0.5) is 0 Å². The molecule has 50 heavy (non-hydrogen) atoms. The average Bonchev–Trinajstić information content (AvgIpc) is 3.85. The van der Waals surface area contributed by atoms with Crippen molar-refractivity contribution in [1.82, 2.24) is 4.57 Å². The summed E-state index contributed by atoms with van der Waals surface area (Å²) < 4.78 is 14.6. The Morgan fingerprint density at radius 2 is 1.14 bits per heavy atom. The quantitative estimate of drug-likeness (QED) is 0.134. The maximum atomic E-state index is 7.03. The first-order valence-electron chi connectivity index (χ1n) is 17.1. The minimum atomic E-state index is -0.688. The molecule has 1 unspecified atom stereocenters. The second-order valence-corrected chi connectivity index (χ2v) is 14.7. The highest BCUT2D eigenvalue weighted by Crippen LogP contribution is 2.59. The Balaban J connectivity index is 1.30. The maximum absolute atomic E-state index is 7.03. The van der Waals surface area contributed by atoms with Crippen LogP contribution in [0.15, 0.2) is 152 Å². The van der Waals surface area contributed by atoms with Crippen LogP contribution in [-0.4, -0.2) is 4.57 Å². The van der Waals surface area contributed by atoms with Gasteiger partial charge in [-0.15, -0.1) is 15.9 Å². The van der Waals surface area contributed by atoms with E-state index in [-0.39, 0.29) is 0 Å². The van der Waals surface area contributed by atoms with Crippen LogP contribution in [0, 0.1) is 0 Å². The number of thiophene rings is 1. The smallest absolute Gasteiger partial charge is 0.374 e. The molecule has 1 spiro atoms.